The Kier molecular flexibility index (Phi) is 4.05. The standard InChI is InChI=1S/C28H14N12/c1-2-6-14-13(5-1)21-33-22(14)36-26-19-11-31-32-12-20(19)28(40-26)38-24-16-8-4-3-7-15(16)23(34-24)37-27-18-10-30-29-9-17(18)25(35-21)39-27/h1-12H,(H2,33,34,35,36,37,38,39,40). The minimum absolute atomic E-state index is 0.476. The molecule has 9 rings (SSSR count). The fourth-order valence-corrected chi connectivity index (χ4v) is 5.20. The van der Waals surface area contributed by atoms with Crippen molar-refractivity contribution in [2.75, 3.05) is 0 Å². The number of benzene rings is 2. The van der Waals surface area contributed by atoms with Crippen LogP contribution in [-0.2, 0) is 0 Å². The topological polar surface area (TPSA) is 160 Å². The first-order valence-corrected chi connectivity index (χ1v) is 12.4. The lowest BCUT2D eigenvalue weighted by molar-refractivity contribution is 1.03. The average molecular weight is 519 g/mol. The van der Waals surface area contributed by atoms with Crippen LogP contribution in [0.1, 0.15) is 0 Å². The molecule has 186 valence electrons. The summed E-state index contributed by atoms with van der Waals surface area (Å²) in [5, 5.41) is 19.9. The van der Waals surface area contributed by atoms with Gasteiger partial charge in [0.25, 0.3) is 0 Å². The van der Waals surface area contributed by atoms with Gasteiger partial charge in [-0.2, -0.15) is 20.4 Å². The maximum Gasteiger partial charge on any atom is 0.166 e. The van der Waals surface area contributed by atoms with Crippen LogP contribution in [0, 0.1) is 0 Å². The second kappa shape index (κ2) is 7.74. The van der Waals surface area contributed by atoms with Crippen molar-refractivity contribution >= 4 is 44.1 Å². The second-order valence-electron chi connectivity index (χ2n) is 9.33. The Balaban J connectivity index is 1.51. The Bertz CT molecular complexity index is 2030. The molecule has 7 aromatic rings. The molecule has 0 saturated carbocycles. The number of aromatic amines is 2. The van der Waals surface area contributed by atoms with Crippen LogP contribution < -0.4 is 0 Å². The number of H-pyrrole nitrogens is 2. The van der Waals surface area contributed by atoms with Gasteiger partial charge in [-0.25, -0.2) is 29.9 Å². The molecule has 2 aliphatic rings. The normalized spacial score (nSPS) is 12.0. The van der Waals surface area contributed by atoms with Gasteiger partial charge in [-0.3, -0.25) is 0 Å². The molecule has 2 aromatic carbocycles. The van der Waals surface area contributed by atoms with E-state index < -0.39 is 0 Å². The highest BCUT2D eigenvalue weighted by molar-refractivity contribution is 6.06. The van der Waals surface area contributed by atoms with Crippen molar-refractivity contribution in [3.8, 4) is 45.6 Å². The Morgan fingerprint density at radius 2 is 0.625 bits per heavy atom. The number of aromatic nitrogens is 12. The lowest BCUT2D eigenvalue weighted by Gasteiger charge is -1.94. The third kappa shape index (κ3) is 2.95. The van der Waals surface area contributed by atoms with Gasteiger partial charge in [-0.05, 0) is 0 Å². The molecule has 8 bridgehead atoms. The van der Waals surface area contributed by atoms with E-state index in [-0.39, 0.29) is 0 Å². The summed E-state index contributed by atoms with van der Waals surface area (Å²) >= 11 is 0. The van der Waals surface area contributed by atoms with Gasteiger partial charge in [0.05, 0.1) is 47.0 Å². The van der Waals surface area contributed by atoms with Gasteiger partial charge in [0.2, 0.25) is 0 Å². The minimum atomic E-state index is 0.476. The van der Waals surface area contributed by atoms with Crippen LogP contribution in [0.15, 0.2) is 73.3 Å². The fraction of sp³-hybridized carbons (Fsp3) is 0. The number of rotatable bonds is 0. The molecule has 0 aliphatic carbocycles. The van der Waals surface area contributed by atoms with Crippen LogP contribution in [-0.4, -0.2) is 60.3 Å². The highest BCUT2D eigenvalue weighted by Crippen LogP contribution is 2.35. The maximum absolute atomic E-state index is 4.92. The summed E-state index contributed by atoms with van der Waals surface area (Å²) in [4.78, 5) is 36.1. The molecular formula is C28H14N12. The van der Waals surface area contributed by atoms with Gasteiger partial charge in [-0.1, -0.05) is 48.5 Å². The molecule has 0 radical (unpaired) electrons. The molecule has 7 heterocycles. The van der Waals surface area contributed by atoms with E-state index in [1.165, 1.54) is 0 Å². The van der Waals surface area contributed by atoms with Gasteiger partial charge < -0.3 is 9.97 Å². The number of hydrogen-bond acceptors (Lipinski definition) is 10. The van der Waals surface area contributed by atoms with Crippen molar-refractivity contribution in [1.82, 2.24) is 60.3 Å². The zero-order valence-corrected chi connectivity index (χ0v) is 20.4. The van der Waals surface area contributed by atoms with E-state index in [1.807, 2.05) is 48.5 Å². The molecule has 2 N–H and O–H groups in total. The first-order chi connectivity index (χ1) is 19.8. The van der Waals surface area contributed by atoms with Crippen molar-refractivity contribution in [3.05, 3.63) is 73.3 Å². The molecule has 0 amide bonds. The molecule has 40 heavy (non-hydrogen) atoms. The van der Waals surface area contributed by atoms with Crippen LogP contribution in [0.5, 0.6) is 0 Å². The Morgan fingerprint density at radius 1 is 0.350 bits per heavy atom. The molecule has 12 nitrogen and oxygen atoms in total. The van der Waals surface area contributed by atoms with Crippen molar-refractivity contribution in [1.29, 1.82) is 0 Å². The van der Waals surface area contributed by atoms with Gasteiger partial charge in [0.15, 0.2) is 23.3 Å². The van der Waals surface area contributed by atoms with Gasteiger partial charge in [-0.15, -0.1) is 0 Å². The summed E-state index contributed by atoms with van der Waals surface area (Å²) in [6.45, 7) is 0. The Hall–Kier alpha value is -6.04. The smallest absolute Gasteiger partial charge is 0.166 e. The average Bonchev–Trinajstić information content (AvgIpc) is 3.73. The molecule has 5 aromatic heterocycles. The van der Waals surface area contributed by atoms with Gasteiger partial charge >= 0.3 is 0 Å². The van der Waals surface area contributed by atoms with Crippen molar-refractivity contribution in [2.45, 2.75) is 0 Å². The van der Waals surface area contributed by atoms with Crippen LogP contribution in [0.3, 0.4) is 0 Å². The van der Waals surface area contributed by atoms with E-state index in [0.717, 1.165) is 43.8 Å². The van der Waals surface area contributed by atoms with Crippen LogP contribution >= 0.6 is 0 Å². The number of fused-ring (bicyclic) bond motifs is 20. The molecule has 0 fully saturated rings. The number of nitrogens with zero attached hydrogens (tertiary/aromatic N) is 10. The van der Waals surface area contributed by atoms with E-state index in [4.69, 9.17) is 29.9 Å². The quantitative estimate of drug-likeness (QED) is 0.293. The predicted octanol–water partition coefficient (Wildman–Crippen LogP) is 4.45. The van der Waals surface area contributed by atoms with Gasteiger partial charge in [0.1, 0.15) is 22.6 Å². The minimum Gasteiger partial charge on any atom is -0.324 e. The number of hydrogen-bond donors (Lipinski definition) is 2. The maximum atomic E-state index is 4.92. The first-order valence-electron chi connectivity index (χ1n) is 12.4. The molecule has 2 aliphatic heterocycles. The van der Waals surface area contributed by atoms with E-state index in [0.29, 0.717) is 45.9 Å². The molecule has 0 unspecified atom stereocenters. The van der Waals surface area contributed by atoms with E-state index in [9.17, 15) is 0 Å². The Labute approximate surface area is 223 Å². The SMILES string of the molecule is c1ccc2c3nc4nc(nc5[nH]c(nc6nc(nc([nH]3)c2c1)-c1cnncc1-6)c1ccccc51)-c1cnncc1-4. The van der Waals surface area contributed by atoms with Crippen LogP contribution in [0.25, 0.3) is 89.7 Å². The molecule has 0 atom stereocenters. The van der Waals surface area contributed by atoms with Crippen molar-refractivity contribution in [2.24, 2.45) is 0 Å². The van der Waals surface area contributed by atoms with E-state index >= 15 is 0 Å². The third-order valence-electron chi connectivity index (χ3n) is 7.07. The molecule has 0 spiro atoms. The van der Waals surface area contributed by atoms with E-state index in [2.05, 4.69) is 30.4 Å². The molecule has 0 saturated heterocycles. The molecular weight excluding hydrogens is 504 g/mol. The lowest BCUT2D eigenvalue weighted by atomic mass is 10.2. The highest BCUT2D eigenvalue weighted by atomic mass is 15.1. The third-order valence-corrected chi connectivity index (χ3v) is 7.07. The summed E-state index contributed by atoms with van der Waals surface area (Å²) in [7, 11) is 0. The van der Waals surface area contributed by atoms with Crippen LogP contribution in [0.2, 0.25) is 0 Å². The monoisotopic (exact) mass is 518 g/mol. The zero-order valence-electron chi connectivity index (χ0n) is 20.4. The number of nitrogens with one attached hydrogen (secondary N) is 2. The predicted molar refractivity (Wildman–Crippen MR) is 147 cm³/mol. The van der Waals surface area contributed by atoms with Gasteiger partial charge in [0, 0.05) is 21.5 Å². The summed E-state index contributed by atoms with van der Waals surface area (Å²) < 4.78 is 0. The fourth-order valence-electron chi connectivity index (χ4n) is 5.20. The zero-order chi connectivity index (χ0) is 26.2. The van der Waals surface area contributed by atoms with Crippen molar-refractivity contribution < 1.29 is 0 Å². The summed E-state index contributed by atoms with van der Waals surface area (Å²) in [5.74, 6) is 1.91. The first kappa shape index (κ1) is 21.0. The lowest BCUT2D eigenvalue weighted by Crippen LogP contribution is -1.86. The largest absolute Gasteiger partial charge is 0.324 e. The van der Waals surface area contributed by atoms with Crippen LogP contribution in [0.4, 0.5) is 0 Å². The Morgan fingerprint density at radius 3 is 0.900 bits per heavy atom. The summed E-state index contributed by atoms with van der Waals surface area (Å²) in [6, 6.07) is 15.8. The second-order valence-corrected chi connectivity index (χ2v) is 9.33. The highest BCUT2D eigenvalue weighted by Gasteiger charge is 2.22. The van der Waals surface area contributed by atoms with E-state index in [1.54, 1.807) is 24.8 Å². The summed E-state index contributed by atoms with van der Waals surface area (Å²) in [6.07, 6.45) is 6.61. The summed E-state index contributed by atoms with van der Waals surface area (Å²) in [5.41, 5.74) is 5.39. The van der Waals surface area contributed by atoms with Crippen molar-refractivity contribution in [3.63, 3.8) is 0 Å². The molecule has 12 heteroatoms.